The van der Waals surface area contributed by atoms with Crippen molar-refractivity contribution in [3.63, 3.8) is 0 Å². The molecule has 0 bridgehead atoms. The maximum atomic E-state index is 13.4. The highest BCUT2D eigenvalue weighted by molar-refractivity contribution is 5.89. The lowest BCUT2D eigenvalue weighted by molar-refractivity contribution is -0.104. The van der Waals surface area contributed by atoms with Crippen LogP contribution in [0.4, 0.5) is 4.39 Å². The van der Waals surface area contributed by atoms with Gasteiger partial charge in [-0.05, 0) is 61.5 Å². The van der Waals surface area contributed by atoms with E-state index in [9.17, 15) is 9.18 Å². The second kappa shape index (κ2) is 7.15. The van der Waals surface area contributed by atoms with E-state index in [1.54, 1.807) is 24.5 Å². The summed E-state index contributed by atoms with van der Waals surface area (Å²) in [5, 5.41) is 0. The molecule has 0 aliphatic heterocycles. The summed E-state index contributed by atoms with van der Waals surface area (Å²) >= 11 is 0. The minimum Gasteiger partial charge on any atom is -0.377 e. The number of allylic oxidation sites excluding steroid dienone is 3. The van der Waals surface area contributed by atoms with Gasteiger partial charge in [-0.3, -0.25) is 14.3 Å². The van der Waals surface area contributed by atoms with Gasteiger partial charge in [0.1, 0.15) is 17.9 Å². The Labute approximate surface area is 156 Å². The Morgan fingerprint density at radius 3 is 2.74 bits per heavy atom. The van der Waals surface area contributed by atoms with E-state index in [2.05, 4.69) is 9.88 Å². The van der Waals surface area contributed by atoms with Crippen molar-refractivity contribution in [3.05, 3.63) is 72.7 Å². The minimum absolute atomic E-state index is 0.308. The van der Waals surface area contributed by atoms with Gasteiger partial charge < -0.3 is 4.90 Å². The van der Waals surface area contributed by atoms with Gasteiger partial charge in [0.2, 0.25) is 0 Å². The molecule has 1 aromatic carbocycles. The molecule has 1 saturated carbocycles. The number of benzene rings is 1. The van der Waals surface area contributed by atoms with Crippen molar-refractivity contribution in [1.82, 2.24) is 19.4 Å². The molecule has 1 aliphatic rings. The molecule has 0 spiro atoms. The van der Waals surface area contributed by atoms with Crippen LogP contribution in [-0.2, 0) is 4.79 Å². The van der Waals surface area contributed by atoms with Gasteiger partial charge in [-0.25, -0.2) is 9.37 Å². The second-order valence-corrected chi connectivity index (χ2v) is 6.58. The Balaban J connectivity index is 1.85. The lowest BCUT2D eigenvalue weighted by Gasteiger charge is -2.13. The number of nitrogens with zero attached hydrogens (tertiary/aromatic N) is 4. The number of fused-ring (bicyclic) bond motifs is 1. The zero-order valence-corrected chi connectivity index (χ0v) is 14.9. The fraction of sp³-hybridized carbons (Fsp3) is 0.190. The summed E-state index contributed by atoms with van der Waals surface area (Å²) in [6.45, 7) is 0. The number of halogens is 1. The molecule has 2 aromatic heterocycles. The highest BCUT2D eigenvalue weighted by atomic mass is 19.1. The van der Waals surface area contributed by atoms with Crippen LogP contribution in [0.5, 0.6) is 0 Å². The largest absolute Gasteiger partial charge is 0.377 e. The molecule has 0 saturated heterocycles. The molecule has 1 aliphatic carbocycles. The first kappa shape index (κ1) is 17.1. The molecule has 0 radical (unpaired) electrons. The molecule has 0 unspecified atom stereocenters. The quantitative estimate of drug-likeness (QED) is 0.381. The van der Waals surface area contributed by atoms with E-state index < -0.39 is 0 Å². The molecule has 0 atom stereocenters. The van der Waals surface area contributed by atoms with Crippen LogP contribution in [0.1, 0.15) is 18.7 Å². The van der Waals surface area contributed by atoms with E-state index in [1.165, 1.54) is 31.1 Å². The number of imidazole rings is 1. The van der Waals surface area contributed by atoms with Crippen LogP contribution in [0.3, 0.4) is 0 Å². The number of aldehydes is 1. The summed E-state index contributed by atoms with van der Waals surface area (Å²) in [6, 6.07) is 8.57. The summed E-state index contributed by atoms with van der Waals surface area (Å²) in [7, 11) is 2.03. The van der Waals surface area contributed by atoms with Crippen LogP contribution in [0.2, 0.25) is 0 Å². The Morgan fingerprint density at radius 2 is 2.04 bits per heavy atom. The number of carbonyl (C=O) groups excluding carboxylic acids is 1. The van der Waals surface area contributed by atoms with E-state index in [-0.39, 0.29) is 5.82 Å². The molecule has 136 valence electrons. The third-order valence-electron chi connectivity index (χ3n) is 4.66. The van der Waals surface area contributed by atoms with Crippen molar-refractivity contribution >= 4 is 22.9 Å². The molecule has 27 heavy (non-hydrogen) atoms. The molecule has 6 heteroatoms. The topological polar surface area (TPSA) is 51.0 Å². The zero-order chi connectivity index (χ0) is 18.8. The van der Waals surface area contributed by atoms with Crippen molar-refractivity contribution < 1.29 is 9.18 Å². The monoisotopic (exact) mass is 362 g/mol. The van der Waals surface area contributed by atoms with Crippen LogP contribution in [0, 0.1) is 5.82 Å². The van der Waals surface area contributed by atoms with Gasteiger partial charge in [-0.1, -0.05) is 0 Å². The molecule has 1 fully saturated rings. The molecule has 3 aromatic rings. The normalized spacial score (nSPS) is 14.8. The smallest absolute Gasteiger partial charge is 0.145 e. The number of hydrogen-bond acceptors (Lipinski definition) is 4. The number of pyridine rings is 1. The predicted octanol–water partition coefficient (Wildman–Crippen LogP) is 3.75. The summed E-state index contributed by atoms with van der Waals surface area (Å²) < 4.78 is 15.3. The molecule has 0 N–H and O–H groups in total. The third-order valence-corrected chi connectivity index (χ3v) is 4.66. The number of hydrogen-bond donors (Lipinski definition) is 0. The van der Waals surface area contributed by atoms with Crippen molar-refractivity contribution in [3.8, 4) is 5.69 Å². The Morgan fingerprint density at radius 1 is 1.26 bits per heavy atom. The van der Waals surface area contributed by atoms with E-state index in [4.69, 9.17) is 4.98 Å². The zero-order valence-electron chi connectivity index (χ0n) is 14.9. The number of carbonyl (C=O) groups is 1. The van der Waals surface area contributed by atoms with Crippen LogP contribution >= 0.6 is 0 Å². The van der Waals surface area contributed by atoms with Gasteiger partial charge in [-0.2, -0.15) is 0 Å². The summed E-state index contributed by atoms with van der Waals surface area (Å²) in [4.78, 5) is 22.3. The van der Waals surface area contributed by atoms with Crippen LogP contribution in [0.15, 0.2) is 61.1 Å². The van der Waals surface area contributed by atoms with Crippen LogP contribution in [0.25, 0.3) is 22.3 Å². The molecule has 0 amide bonds. The van der Waals surface area contributed by atoms with Gasteiger partial charge in [0, 0.05) is 30.5 Å². The lowest BCUT2D eigenvalue weighted by Crippen LogP contribution is -2.12. The van der Waals surface area contributed by atoms with Crippen molar-refractivity contribution in [2.75, 3.05) is 7.05 Å². The standard InChI is InChI=1S/C21H19FN4O/c1-25(17-6-7-17)12-9-15(10-13-27)21-24-19-8-11-23-14-20(19)26(21)18-4-2-16(22)3-5-18/h2-5,8-14,17H,6-7H2,1H3/b12-9-,15-10+. The lowest BCUT2D eigenvalue weighted by atomic mass is 10.2. The van der Waals surface area contributed by atoms with E-state index >= 15 is 0 Å². The fourth-order valence-corrected chi connectivity index (χ4v) is 3.05. The first-order valence-electron chi connectivity index (χ1n) is 8.82. The first-order valence-corrected chi connectivity index (χ1v) is 8.82. The second-order valence-electron chi connectivity index (χ2n) is 6.58. The van der Waals surface area contributed by atoms with Gasteiger partial charge in [0.25, 0.3) is 0 Å². The van der Waals surface area contributed by atoms with E-state index in [0.29, 0.717) is 17.4 Å². The van der Waals surface area contributed by atoms with E-state index in [1.807, 2.05) is 30.0 Å². The highest BCUT2D eigenvalue weighted by Gasteiger charge is 2.24. The number of rotatable bonds is 6. The maximum absolute atomic E-state index is 13.4. The minimum atomic E-state index is -0.308. The Hall–Kier alpha value is -3.28. The number of aromatic nitrogens is 3. The summed E-state index contributed by atoms with van der Waals surface area (Å²) in [5.74, 6) is 0.301. The Bertz CT molecular complexity index is 1030. The van der Waals surface area contributed by atoms with Crippen molar-refractivity contribution in [2.24, 2.45) is 0 Å². The highest BCUT2D eigenvalue weighted by Crippen LogP contribution is 2.28. The van der Waals surface area contributed by atoms with E-state index in [0.717, 1.165) is 23.0 Å². The maximum Gasteiger partial charge on any atom is 0.145 e. The van der Waals surface area contributed by atoms with Crippen molar-refractivity contribution in [2.45, 2.75) is 18.9 Å². The molecular weight excluding hydrogens is 343 g/mol. The Kier molecular flexibility index (Phi) is 4.54. The molecular formula is C21H19FN4O. The average molecular weight is 362 g/mol. The SMILES string of the molecule is CN(/C=C\C(=C/C=O)c1nc2ccncc2n1-c1ccc(F)cc1)C1CC1. The van der Waals surface area contributed by atoms with Gasteiger partial charge in [0.05, 0.1) is 17.2 Å². The van der Waals surface area contributed by atoms with Crippen LogP contribution in [-0.4, -0.2) is 38.8 Å². The first-order chi connectivity index (χ1) is 13.2. The molecule has 2 heterocycles. The predicted molar refractivity (Wildman–Crippen MR) is 103 cm³/mol. The average Bonchev–Trinajstić information content (AvgIpc) is 3.46. The summed E-state index contributed by atoms with van der Waals surface area (Å²) in [6.07, 6.45) is 11.9. The molecule has 4 rings (SSSR count). The summed E-state index contributed by atoms with van der Waals surface area (Å²) in [5.41, 5.74) is 2.98. The molecule has 5 nitrogen and oxygen atoms in total. The van der Waals surface area contributed by atoms with Crippen LogP contribution < -0.4 is 0 Å². The third kappa shape index (κ3) is 3.51. The van der Waals surface area contributed by atoms with Gasteiger partial charge >= 0.3 is 0 Å². The van der Waals surface area contributed by atoms with Gasteiger partial charge in [-0.15, -0.1) is 0 Å². The van der Waals surface area contributed by atoms with Crippen molar-refractivity contribution in [1.29, 1.82) is 0 Å². The van der Waals surface area contributed by atoms with Gasteiger partial charge in [0.15, 0.2) is 0 Å². The fourth-order valence-electron chi connectivity index (χ4n) is 3.05.